The van der Waals surface area contributed by atoms with Crippen LogP contribution in [-0.2, 0) is 30.2 Å². The predicted octanol–water partition coefficient (Wildman–Crippen LogP) is 0.697. The van der Waals surface area contributed by atoms with Crippen LogP contribution in [0.15, 0.2) is 29.3 Å². The summed E-state index contributed by atoms with van der Waals surface area (Å²) >= 11 is 0. The van der Waals surface area contributed by atoms with E-state index >= 15 is 0 Å². The monoisotopic (exact) mass is 429 g/mol. The number of esters is 1. The molecule has 0 saturated carbocycles. The lowest BCUT2D eigenvalue weighted by Crippen LogP contribution is -2.55. The number of hydrogen-bond acceptors (Lipinski definition) is 7. The second-order valence-corrected chi connectivity index (χ2v) is 7.56. The van der Waals surface area contributed by atoms with E-state index in [0.717, 1.165) is 12.0 Å². The molecule has 0 saturated heterocycles. The number of nitrogens with zero attached hydrogens (tertiary/aromatic N) is 1. The number of hydrogen-bond donors (Lipinski definition) is 2. The van der Waals surface area contributed by atoms with Gasteiger partial charge in [0, 0.05) is 6.42 Å². The van der Waals surface area contributed by atoms with E-state index in [2.05, 4.69) is 20.3 Å². The number of rotatable bonds is 4. The normalized spacial score (nSPS) is 23.2. The molecule has 2 aliphatic heterocycles. The van der Waals surface area contributed by atoms with Crippen molar-refractivity contribution in [1.29, 1.82) is 0 Å². The molecule has 2 aliphatic rings. The quantitative estimate of drug-likeness (QED) is 0.315. The second-order valence-electron chi connectivity index (χ2n) is 7.56. The first-order valence-electron chi connectivity index (χ1n) is 10.1. The number of carbonyl (C=O) groups is 3. The summed E-state index contributed by atoms with van der Waals surface area (Å²) in [6.07, 6.45) is 2.10. The first-order chi connectivity index (χ1) is 14.8. The predicted molar refractivity (Wildman–Crippen MR) is 115 cm³/mol. The lowest BCUT2D eigenvalue weighted by Gasteiger charge is -2.26. The molecular weight excluding hydrogens is 401 g/mol. The molecule has 1 aromatic rings. The van der Waals surface area contributed by atoms with Crippen LogP contribution in [0.5, 0.6) is 5.75 Å². The summed E-state index contributed by atoms with van der Waals surface area (Å²) in [5.74, 6) is -1.09. The maximum Gasteiger partial charge on any atom is 0.375 e. The summed E-state index contributed by atoms with van der Waals surface area (Å²) in [4.78, 5) is 42.0. The molecule has 9 nitrogen and oxygen atoms in total. The van der Waals surface area contributed by atoms with E-state index in [1.807, 2.05) is 12.1 Å². The Morgan fingerprint density at radius 2 is 1.94 bits per heavy atom. The van der Waals surface area contributed by atoms with E-state index in [-0.39, 0.29) is 12.3 Å². The lowest BCUT2D eigenvalue weighted by atomic mass is 10.0. The Balaban J connectivity index is 2.34. The van der Waals surface area contributed by atoms with Gasteiger partial charge in [-0.15, -0.1) is 0 Å². The average Bonchev–Trinajstić information content (AvgIpc) is 2.76. The number of benzene rings is 1. The van der Waals surface area contributed by atoms with Gasteiger partial charge in [-0.2, -0.15) is 0 Å². The Morgan fingerprint density at radius 3 is 2.55 bits per heavy atom. The molecular formula is C21H28BN3O6. The topological polar surface area (TPSA) is 115 Å². The van der Waals surface area contributed by atoms with Gasteiger partial charge in [0.05, 0.1) is 13.7 Å². The van der Waals surface area contributed by atoms with Gasteiger partial charge >= 0.3 is 14.0 Å². The molecule has 3 atom stereocenters. The molecule has 31 heavy (non-hydrogen) atoms. The summed E-state index contributed by atoms with van der Waals surface area (Å²) in [5, 5.41) is 5.42. The third-order valence-corrected chi connectivity index (χ3v) is 4.91. The average molecular weight is 429 g/mol. The molecule has 2 heterocycles. The molecule has 0 fully saturated rings. The zero-order valence-corrected chi connectivity index (χ0v) is 18.0. The van der Waals surface area contributed by atoms with Gasteiger partial charge in [-0.1, -0.05) is 26.0 Å². The van der Waals surface area contributed by atoms with Crippen LogP contribution in [-0.4, -0.2) is 64.1 Å². The first kappa shape index (κ1) is 24.2. The highest BCUT2D eigenvalue weighted by atomic mass is 16.5. The van der Waals surface area contributed by atoms with Crippen molar-refractivity contribution in [3.63, 3.8) is 0 Å². The van der Waals surface area contributed by atoms with Crippen molar-refractivity contribution in [2.24, 2.45) is 10.9 Å². The van der Waals surface area contributed by atoms with Crippen molar-refractivity contribution in [1.82, 2.24) is 10.6 Å². The SMILES string of the molecule is [B]OC=N[C@H]1Cc2ccc(cc2)OCCC[C@@H](C(=O)OC)NC(=O)[C@H](C(C)C)NC1=O. The first-order valence-corrected chi connectivity index (χ1v) is 10.1. The lowest BCUT2D eigenvalue weighted by molar-refractivity contribution is -0.145. The van der Waals surface area contributed by atoms with E-state index < -0.39 is 35.9 Å². The highest BCUT2D eigenvalue weighted by Crippen LogP contribution is 2.16. The smallest absolute Gasteiger partial charge is 0.375 e. The molecule has 0 aromatic heterocycles. The molecule has 2 amide bonds. The highest BCUT2D eigenvalue weighted by molar-refractivity contribution is 6.02. The zero-order valence-electron chi connectivity index (χ0n) is 18.0. The number of amides is 2. The number of aliphatic imine (C=N–C) groups is 1. The molecule has 2 radical (unpaired) electrons. The highest BCUT2D eigenvalue weighted by Gasteiger charge is 2.31. The van der Waals surface area contributed by atoms with Gasteiger partial charge < -0.3 is 24.8 Å². The van der Waals surface area contributed by atoms with Crippen LogP contribution in [0.4, 0.5) is 0 Å². The number of methoxy groups -OCH3 is 1. The van der Waals surface area contributed by atoms with Crippen LogP contribution in [0, 0.1) is 5.92 Å². The molecule has 0 spiro atoms. The summed E-state index contributed by atoms with van der Waals surface area (Å²) in [6, 6.07) is 4.69. The van der Waals surface area contributed by atoms with Crippen molar-refractivity contribution >= 4 is 32.2 Å². The Kier molecular flexibility index (Phi) is 9.36. The van der Waals surface area contributed by atoms with Gasteiger partial charge in [0.15, 0.2) is 6.40 Å². The van der Waals surface area contributed by atoms with Crippen LogP contribution >= 0.6 is 0 Å². The maximum atomic E-state index is 12.9. The molecule has 166 valence electrons. The zero-order chi connectivity index (χ0) is 22.8. The summed E-state index contributed by atoms with van der Waals surface area (Å²) < 4.78 is 14.9. The standard InChI is InChI=1S/C21H28BN3O6/c1-13(2)18-20(27)24-16(21(28)29-3)5-4-10-30-15-8-6-14(7-9-15)11-17(19(26)25-18)23-12-31-22/h6-9,12-13,16-18H,4-5,10-11H2,1-3H3,(H,24,27)(H,25,26)/t16-,17-,18-/m0/s1. The minimum Gasteiger partial charge on any atom is -0.560 e. The van der Waals surface area contributed by atoms with Crippen molar-refractivity contribution < 1.29 is 28.5 Å². The molecule has 1 aromatic carbocycles. The van der Waals surface area contributed by atoms with Crippen LogP contribution < -0.4 is 15.4 Å². The molecule has 2 N–H and O–H groups in total. The minimum absolute atomic E-state index is 0.237. The Labute approximate surface area is 183 Å². The van der Waals surface area contributed by atoms with Crippen molar-refractivity contribution in [2.45, 2.75) is 51.2 Å². The maximum absolute atomic E-state index is 12.9. The molecule has 0 aliphatic carbocycles. The Morgan fingerprint density at radius 1 is 1.23 bits per heavy atom. The van der Waals surface area contributed by atoms with Gasteiger partial charge in [-0.25, -0.2) is 9.79 Å². The van der Waals surface area contributed by atoms with Crippen LogP contribution in [0.2, 0.25) is 0 Å². The van der Waals surface area contributed by atoms with Crippen molar-refractivity contribution in [3.8, 4) is 5.75 Å². The number of carbonyl (C=O) groups excluding carboxylic acids is 3. The van der Waals surface area contributed by atoms with Gasteiger partial charge in [0.25, 0.3) is 0 Å². The summed E-state index contributed by atoms with van der Waals surface area (Å²) in [7, 11) is 6.28. The van der Waals surface area contributed by atoms with Gasteiger partial charge in [0.2, 0.25) is 11.8 Å². The Hall–Kier alpha value is -3.04. The van der Waals surface area contributed by atoms with E-state index in [4.69, 9.17) is 17.5 Å². The number of ether oxygens (including phenoxy) is 2. The van der Waals surface area contributed by atoms with Crippen LogP contribution in [0.1, 0.15) is 32.3 Å². The molecule has 0 unspecified atom stereocenters. The fourth-order valence-electron chi connectivity index (χ4n) is 3.18. The van der Waals surface area contributed by atoms with E-state index in [0.29, 0.717) is 25.2 Å². The largest absolute Gasteiger partial charge is 0.560 e. The number of nitrogens with one attached hydrogen (secondary N) is 2. The minimum atomic E-state index is -0.873. The van der Waals surface area contributed by atoms with E-state index in [9.17, 15) is 14.4 Å². The van der Waals surface area contributed by atoms with Gasteiger partial charge in [-0.05, 0) is 36.5 Å². The van der Waals surface area contributed by atoms with Crippen molar-refractivity contribution in [3.05, 3.63) is 29.8 Å². The number of fused-ring (bicyclic) bond motifs is 13. The summed E-state index contributed by atoms with van der Waals surface area (Å²) in [6.45, 7) is 3.96. The van der Waals surface area contributed by atoms with Crippen LogP contribution in [0.25, 0.3) is 0 Å². The molecule has 3 rings (SSSR count). The van der Waals surface area contributed by atoms with Crippen LogP contribution in [0.3, 0.4) is 0 Å². The second kappa shape index (κ2) is 12.0. The Bertz CT molecular complexity index is 784. The van der Waals surface area contributed by atoms with E-state index in [1.54, 1.807) is 26.0 Å². The fraction of sp³-hybridized carbons (Fsp3) is 0.524. The van der Waals surface area contributed by atoms with Gasteiger partial charge in [-0.3, -0.25) is 9.59 Å². The summed E-state index contributed by atoms with van der Waals surface area (Å²) in [5.41, 5.74) is 0.852. The van der Waals surface area contributed by atoms with Gasteiger partial charge in [0.1, 0.15) is 23.9 Å². The third-order valence-electron chi connectivity index (χ3n) is 4.91. The van der Waals surface area contributed by atoms with E-state index in [1.165, 1.54) is 7.11 Å². The fourth-order valence-corrected chi connectivity index (χ4v) is 3.18. The molecule has 2 bridgehead atoms. The molecule has 10 heteroatoms. The third kappa shape index (κ3) is 7.30. The van der Waals surface area contributed by atoms with Crippen molar-refractivity contribution in [2.75, 3.05) is 13.7 Å².